The molecule has 1 saturated heterocycles. The van der Waals surface area contributed by atoms with E-state index in [9.17, 15) is 4.79 Å². The number of carboxylic acids is 1. The maximum Gasteiger partial charge on any atom is 0.320 e. The van der Waals surface area contributed by atoms with Crippen LogP contribution in [0.4, 0.5) is 5.82 Å². The van der Waals surface area contributed by atoms with E-state index < -0.39 is 12.0 Å². The van der Waals surface area contributed by atoms with Crippen LogP contribution in [0.3, 0.4) is 0 Å². The summed E-state index contributed by atoms with van der Waals surface area (Å²) in [6, 6.07) is -0.690. The molecule has 0 aromatic carbocycles. The van der Waals surface area contributed by atoms with E-state index in [0.717, 1.165) is 6.54 Å². The second kappa shape index (κ2) is 9.03. The van der Waals surface area contributed by atoms with Gasteiger partial charge in [-0.3, -0.25) is 4.79 Å². The summed E-state index contributed by atoms with van der Waals surface area (Å²) in [5, 5.41) is 8.31. The third kappa shape index (κ3) is 6.88. The maximum absolute atomic E-state index is 10.1. The monoisotopic (exact) mass is 339 g/mol. The molecule has 1 atom stereocenters. The first-order valence-electron chi connectivity index (χ1n) is 8.62. The van der Waals surface area contributed by atoms with E-state index in [-0.39, 0.29) is 5.54 Å². The van der Waals surface area contributed by atoms with Crippen LogP contribution in [-0.4, -0.2) is 51.2 Å². The van der Waals surface area contributed by atoms with Crippen molar-refractivity contribution in [2.24, 2.45) is 11.7 Å². The number of nitrogens with zero attached hydrogens (tertiary/aromatic N) is 3. The molecule has 138 valence electrons. The molecule has 1 aromatic rings. The summed E-state index contributed by atoms with van der Waals surface area (Å²) in [5.41, 5.74) is 10.9. The van der Waals surface area contributed by atoms with Gasteiger partial charge in [-0.2, -0.15) is 0 Å². The number of carboxylic acid groups (broad SMARTS) is 1. The molecule has 7 nitrogen and oxygen atoms in total. The molecule has 1 unspecified atom stereocenters. The fourth-order valence-electron chi connectivity index (χ4n) is 2.85. The Balaban J connectivity index is 0.000000277. The molecule has 1 aliphatic rings. The van der Waals surface area contributed by atoms with Gasteiger partial charge in [0, 0.05) is 12.7 Å². The number of rotatable bonds is 6. The number of carbonyl (C=O) groups is 1. The van der Waals surface area contributed by atoms with E-state index in [4.69, 9.17) is 16.6 Å². The van der Waals surface area contributed by atoms with Gasteiger partial charge < -0.3 is 26.0 Å². The average molecular weight is 339 g/mol. The Bertz CT molecular complexity index is 507. The fourth-order valence-corrected chi connectivity index (χ4v) is 2.85. The van der Waals surface area contributed by atoms with Gasteiger partial charge in [0.25, 0.3) is 0 Å². The Labute approximate surface area is 145 Å². The Kier molecular flexibility index (Phi) is 7.69. The van der Waals surface area contributed by atoms with Crippen molar-refractivity contribution in [2.75, 3.05) is 25.4 Å². The lowest BCUT2D eigenvalue weighted by atomic mass is 10.1. The molecule has 0 amide bonds. The Morgan fingerprint density at radius 1 is 1.38 bits per heavy atom. The summed E-state index contributed by atoms with van der Waals surface area (Å²) < 4.78 is 2.11. The van der Waals surface area contributed by atoms with Crippen molar-refractivity contribution in [3.05, 3.63) is 12.5 Å². The van der Waals surface area contributed by atoms with Crippen molar-refractivity contribution in [3.8, 4) is 0 Å². The zero-order valence-electron chi connectivity index (χ0n) is 15.4. The lowest BCUT2D eigenvalue weighted by molar-refractivity contribution is -0.138. The molecule has 1 fully saturated rings. The zero-order chi connectivity index (χ0) is 18.3. The predicted octanol–water partition coefficient (Wildman–Crippen LogP) is 1.74. The molecule has 0 radical (unpaired) electrons. The molecule has 24 heavy (non-hydrogen) atoms. The lowest BCUT2D eigenvalue weighted by Crippen LogP contribution is -2.39. The van der Waals surface area contributed by atoms with E-state index in [1.807, 2.05) is 26.4 Å². The minimum Gasteiger partial charge on any atom is -0.480 e. The van der Waals surface area contributed by atoms with Crippen LogP contribution < -0.4 is 11.5 Å². The third-order valence-corrected chi connectivity index (χ3v) is 4.15. The van der Waals surface area contributed by atoms with Crippen LogP contribution in [0, 0.1) is 5.92 Å². The van der Waals surface area contributed by atoms with Gasteiger partial charge in [-0.05, 0) is 52.1 Å². The van der Waals surface area contributed by atoms with Gasteiger partial charge in [-0.15, -0.1) is 0 Å². The van der Waals surface area contributed by atoms with E-state index in [0.29, 0.717) is 18.2 Å². The summed E-state index contributed by atoms with van der Waals surface area (Å²) in [6.45, 7) is 11.9. The molecule has 0 aliphatic carbocycles. The van der Waals surface area contributed by atoms with Crippen LogP contribution in [0.2, 0.25) is 0 Å². The number of aromatic nitrogens is 2. The van der Waals surface area contributed by atoms with Gasteiger partial charge in [0.1, 0.15) is 11.9 Å². The van der Waals surface area contributed by atoms with Gasteiger partial charge in [-0.25, -0.2) is 4.98 Å². The van der Waals surface area contributed by atoms with E-state index in [2.05, 4.69) is 28.3 Å². The molecule has 1 aliphatic heterocycles. The summed E-state index contributed by atoms with van der Waals surface area (Å²) in [7, 11) is 0. The summed E-state index contributed by atoms with van der Waals surface area (Å²) in [4.78, 5) is 16.7. The smallest absolute Gasteiger partial charge is 0.320 e. The second-order valence-electron chi connectivity index (χ2n) is 7.58. The van der Waals surface area contributed by atoms with Gasteiger partial charge in [0.15, 0.2) is 0 Å². The standard InChI is InChI=1S/C11H20N4.C6H13NO2/c1-11(2,8-14-5-3-4-6-14)15-7-10(12)13-9-15;1-4(2)3-5(7)6(8)9/h7,9H,3-6,8,12H2,1-2H3;4-5H,3,7H2,1-2H3,(H,8,9). The number of hydrogen-bond acceptors (Lipinski definition) is 5. The number of imidazole rings is 1. The van der Waals surface area contributed by atoms with Gasteiger partial charge in [0.2, 0.25) is 0 Å². The molecule has 0 spiro atoms. The highest BCUT2D eigenvalue weighted by molar-refractivity contribution is 5.72. The zero-order valence-corrected chi connectivity index (χ0v) is 15.4. The number of aliphatic carboxylic acids is 1. The number of likely N-dealkylation sites (tertiary alicyclic amines) is 1. The topological polar surface area (TPSA) is 110 Å². The number of nitrogens with two attached hydrogens (primary N) is 2. The van der Waals surface area contributed by atoms with Crippen molar-refractivity contribution in [1.82, 2.24) is 14.5 Å². The first-order chi connectivity index (χ1) is 11.1. The minimum absolute atomic E-state index is 0.0783. The molecule has 1 aromatic heterocycles. The third-order valence-electron chi connectivity index (χ3n) is 4.15. The van der Waals surface area contributed by atoms with Crippen LogP contribution in [-0.2, 0) is 10.3 Å². The van der Waals surface area contributed by atoms with Crippen molar-refractivity contribution in [1.29, 1.82) is 0 Å². The molecule has 2 heterocycles. The van der Waals surface area contributed by atoms with Crippen molar-refractivity contribution >= 4 is 11.8 Å². The normalized spacial score (nSPS) is 16.8. The van der Waals surface area contributed by atoms with Crippen LogP contribution in [0.5, 0.6) is 0 Å². The van der Waals surface area contributed by atoms with Crippen LogP contribution in [0.1, 0.15) is 47.0 Å². The fraction of sp³-hybridized carbons (Fsp3) is 0.765. The Hall–Kier alpha value is -1.60. The maximum atomic E-state index is 10.1. The van der Waals surface area contributed by atoms with Crippen LogP contribution in [0.25, 0.3) is 0 Å². The molecule has 5 N–H and O–H groups in total. The predicted molar refractivity (Wildman–Crippen MR) is 96.7 cm³/mol. The van der Waals surface area contributed by atoms with Crippen LogP contribution >= 0.6 is 0 Å². The second-order valence-corrected chi connectivity index (χ2v) is 7.58. The molecular weight excluding hydrogens is 306 g/mol. The molecular formula is C17H33N5O2. The molecule has 0 saturated carbocycles. The first-order valence-corrected chi connectivity index (χ1v) is 8.62. The van der Waals surface area contributed by atoms with Crippen molar-refractivity contribution in [3.63, 3.8) is 0 Å². The highest BCUT2D eigenvalue weighted by Crippen LogP contribution is 2.20. The van der Waals surface area contributed by atoms with Gasteiger partial charge >= 0.3 is 5.97 Å². The van der Waals surface area contributed by atoms with Crippen molar-refractivity contribution < 1.29 is 9.90 Å². The summed E-state index contributed by atoms with van der Waals surface area (Å²) in [5.74, 6) is 0.0456. The largest absolute Gasteiger partial charge is 0.480 e. The summed E-state index contributed by atoms with van der Waals surface area (Å²) in [6.07, 6.45) is 6.96. The molecule has 7 heteroatoms. The van der Waals surface area contributed by atoms with E-state index in [1.165, 1.54) is 25.9 Å². The first kappa shape index (κ1) is 20.4. The highest BCUT2D eigenvalue weighted by Gasteiger charge is 2.25. The number of nitrogen functional groups attached to an aromatic ring is 1. The number of hydrogen-bond donors (Lipinski definition) is 3. The summed E-state index contributed by atoms with van der Waals surface area (Å²) >= 11 is 0. The lowest BCUT2D eigenvalue weighted by Gasteiger charge is -2.31. The van der Waals surface area contributed by atoms with Crippen molar-refractivity contribution in [2.45, 2.75) is 58.5 Å². The average Bonchev–Trinajstić information content (AvgIpc) is 3.10. The van der Waals surface area contributed by atoms with Gasteiger partial charge in [0.05, 0.1) is 11.9 Å². The minimum atomic E-state index is -0.913. The SMILES string of the molecule is CC(C)(CN1CCCC1)n1cnc(N)c1.CC(C)CC(N)C(=O)O. The molecule has 0 bridgehead atoms. The Morgan fingerprint density at radius 2 is 1.96 bits per heavy atom. The van der Waals surface area contributed by atoms with Crippen LogP contribution in [0.15, 0.2) is 12.5 Å². The quantitative estimate of drug-likeness (QED) is 0.728. The van der Waals surface area contributed by atoms with E-state index >= 15 is 0 Å². The Morgan fingerprint density at radius 3 is 2.33 bits per heavy atom. The number of anilines is 1. The van der Waals surface area contributed by atoms with E-state index in [1.54, 1.807) is 0 Å². The highest BCUT2D eigenvalue weighted by atomic mass is 16.4. The van der Waals surface area contributed by atoms with Gasteiger partial charge in [-0.1, -0.05) is 13.8 Å². The molecule has 2 rings (SSSR count).